The summed E-state index contributed by atoms with van der Waals surface area (Å²) < 4.78 is 5.91. The van der Waals surface area contributed by atoms with Crippen molar-refractivity contribution >= 4 is 22.9 Å². The van der Waals surface area contributed by atoms with E-state index < -0.39 is 0 Å². The highest BCUT2D eigenvalue weighted by molar-refractivity contribution is 7.80. The maximum atomic E-state index is 5.91. The van der Waals surface area contributed by atoms with Gasteiger partial charge in [0.1, 0.15) is 4.99 Å². The number of piperidine rings is 1. The van der Waals surface area contributed by atoms with Gasteiger partial charge in [-0.25, -0.2) is 0 Å². The number of nitrogens with zero attached hydrogens (tertiary/aromatic N) is 1. The topological polar surface area (TPSA) is 38.5 Å². The zero-order valence-electron chi connectivity index (χ0n) is 12.4. The van der Waals surface area contributed by atoms with Crippen LogP contribution < -0.4 is 10.6 Å². The molecule has 2 N–H and O–H groups in total. The van der Waals surface area contributed by atoms with Gasteiger partial charge in [0.2, 0.25) is 0 Å². The number of benzene rings is 1. The summed E-state index contributed by atoms with van der Waals surface area (Å²) in [6.07, 6.45) is 3.69. The monoisotopic (exact) mass is 292 g/mol. The molecule has 0 bridgehead atoms. The fraction of sp³-hybridized carbons (Fsp3) is 0.562. The van der Waals surface area contributed by atoms with Gasteiger partial charge in [-0.05, 0) is 43.9 Å². The Morgan fingerprint density at radius 3 is 3.00 bits per heavy atom. The number of rotatable bonds is 5. The molecular formula is C16H24N2OS. The van der Waals surface area contributed by atoms with E-state index >= 15 is 0 Å². The Labute approximate surface area is 127 Å². The second-order valence-corrected chi connectivity index (χ2v) is 5.91. The number of ether oxygens (including phenoxy) is 1. The Hall–Kier alpha value is -1.13. The summed E-state index contributed by atoms with van der Waals surface area (Å²) >= 11 is 5.18. The predicted molar refractivity (Wildman–Crippen MR) is 88.5 cm³/mol. The second-order valence-electron chi connectivity index (χ2n) is 5.47. The molecule has 110 valence electrons. The van der Waals surface area contributed by atoms with E-state index in [0.717, 1.165) is 50.2 Å². The van der Waals surface area contributed by atoms with E-state index in [0.29, 0.717) is 11.1 Å². The molecule has 2 rings (SSSR count). The van der Waals surface area contributed by atoms with Gasteiger partial charge in [-0.2, -0.15) is 0 Å². The van der Waals surface area contributed by atoms with Crippen molar-refractivity contribution in [3.63, 3.8) is 0 Å². The third kappa shape index (κ3) is 3.70. The molecule has 0 spiro atoms. The van der Waals surface area contributed by atoms with Crippen molar-refractivity contribution in [2.24, 2.45) is 5.73 Å². The first-order valence-electron chi connectivity index (χ1n) is 7.38. The van der Waals surface area contributed by atoms with Crippen molar-refractivity contribution in [1.82, 2.24) is 0 Å². The maximum absolute atomic E-state index is 5.91. The SMILES string of the molecule is CCCOC1CCCN(c2cc(C)ccc2C(N)=S)C1. The number of anilines is 1. The Morgan fingerprint density at radius 2 is 2.30 bits per heavy atom. The number of nitrogens with two attached hydrogens (primary N) is 1. The molecule has 1 aliphatic heterocycles. The molecular weight excluding hydrogens is 268 g/mol. The van der Waals surface area contributed by atoms with Crippen LogP contribution in [0.3, 0.4) is 0 Å². The van der Waals surface area contributed by atoms with E-state index in [2.05, 4.69) is 30.9 Å². The smallest absolute Gasteiger partial charge is 0.106 e. The number of hydrogen-bond donors (Lipinski definition) is 1. The van der Waals surface area contributed by atoms with Gasteiger partial charge in [0.05, 0.1) is 6.10 Å². The van der Waals surface area contributed by atoms with E-state index in [1.165, 1.54) is 5.56 Å². The molecule has 0 aliphatic carbocycles. The summed E-state index contributed by atoms with van der Waals surface area (Å²) in [4.78, 5) is 2.84. The summed E-state index contributed by atoms with van der Waals surface area (Å²) in [6.45, 7) is 7.06. The molecule has 1 saturated heterocycles. The van der Waals surface area contributed by atoms with Gasteiger partial charge in [0.15, 0.2) is 0 Å². The molecule has 1 heterocycles. The summed E-state index contributed by atoms with van der Waals surface area (Å²) in [7, 11) is 0. The van der Waals surface area contributed by atoms with Gasteiger partial charge >= 0.3 is 0 Å². The molecule has 0 saturated carbocycles. The molecule has 20 heavy (non-hydrogen) atoms. The van der Waals surface area contributed by atoms with Crippen LogP contribution in [0.5, 0.6) is 0 Å². The Morgan fingerprint density at radius 1 is 1.50 bits per heavy atom. The normalized spacial score (nSPS) is 19.1. The zero-order chi connectivity index (χ0) is 14.5. The van der Waals surface area contributed by atoms with Crippen molar-refractivity contribution in [2.75, 3.05) is 24.6 Å². The molecule has 1 aliphatic rings. The first kappa shape index (κ1) is 15.3. The standard InChI is InChI=1S/C16H24N2OS/c1-3-9-19-13-5-4-8-18(11-13)15-10-12(2)6-7-14(15)16(17)20/h6-7,10,13H,3-5,8-9,11H2,1-2H3,(H2,17,20). The van der Waals surface area contributed by atoms with Gasteiger partial charge in [-0.3, -0.25) is 0 Å². The summed E-state index contributed by atoms with van der Waals surface area (Å²) in [5.41, 5.74) is 9.22. The maximum Gasteiger partial charge on any atom is 0.106 e. The molecule has 0 aromatic heterocycles. The highest BCUT2D eigenvalue weighted by Crippen LogP contribution is 2.26. The van der Waals surface area contributed by atoms with Gasteiger partial charge in [-0.1, -0.05) is 25.2 Å². The molecule has 3 nitrogen and oxygen atoms in total. The van der Waals surface area contributed by atoms with Crippen molar-refractivity contribution in [2.45, 2.75) is 39.2 Å². The van der Waals surface area contributed by atoms with E-state index in [1.54, 1.807) is 0 Å². The molecule has 0 amide bonds. The summed E-state index contributed by atoms with van der Waals surface area (Å²) in [6, 6.07) is 6.27. The van der Waals surface area contributed by atoms with Crippen LogP contribution in [-0.2, 0) is 4.74 Å². The minimum absolute atomic E-state index is 0.323. The molecule has 1 fully saturated rings. The second kappa shape index (κ2) is 7.04. The van der Waals surface area contributed by atoms with Crippen LogP contribution in [0.4, 0.5) is 5.69 Å². The quantitative estimate of drug-likeness (QED) is 0.847. The lowest BCUT2D eigenvalue weighted by Crippen LogP contribution is -2.40. The minimum Gasteiger partial charge on any atom is -0.389 e. The number of thiocarbonyl (C=S) groups is 1. The van der Waals surface area contributed by atoms with Gasteiger partial charge in [0, 0.05) is 30.9 Å². The van der Waals surface area contributed by atoms with Crippen LogP contribution in [0.25, 0.3) is 0 Å². The highest BCUT2D eigenvalue weighted by atomic mass is 32.1. The number of aryl methyl sites for hydroxylation is 1. The van der Waals surface area contributed by atoms with Gasteiger partial charge in [-0.15, -0.1) is 0 Å². The van der Waals surface area contributed by atoms with Crippen LogP contribution >= 0.6 is 12.2 Å². The summed E-state index contributed by atoms with van der Waals surface area (Å²) in [5.74, 6) is 0. The molecule has 1 aromatic carbocycles. The van der Waals surface area contributed by atoms with Gasteiger partial charge < -0.3 is 15.4 Å². The minimum atomic E-state index is 0.323. The Balaban J connectivity index is 2.17. The Kier molecular flexibility index (Phi) is 5.38. The van der Waals surface area contributed by atoms with E-state index in [4.69, 9.17) is 22.7 Å². The van der Waals surface area contributed by atoms with Crippen LogP contribution in [-0.4, -0.2) is 30.8 Å². The van der Waals surface area contributed by atoms with E-state index in [9.17, 15) is 0 Å². The average Bonchev–Trinajstić information content (AvgIpc) is 2.45. The fourth-order valence-corrected chi connectivity index (χ4v) is 2.86. The van der Waals surface area contributed by atoms with E-state index in [1.807, 2.05) is 6.07 Å². The molecule has 4 heteroatoms. The van der Waals surface area contributed by atoms with Crippen LogP contribution in [0, 0.1) is 6.92 Å². The summed E-state index contributed by atoms with van der Waals surface area (Å²) in [5, 5.41) is 0. The van der Waals surface area contributed by atoms with Crippen molar-refractivity contribution < 1.29 is 4.74 Å². The average molecular weight is 292 g/mol. The first-order chi connectivity index (χ1) is 9.61. The third-order valence-corrected chi connectivity index (χ3v) is 3.92. The third-order valence-electron chi connectivity index (χ3n) is 3.70. The lowest BCUT2D eigenvalue weighted by atomic mass is 10.0. The molecule has 0 radical (unpaired) electrons. The van der Waals surface area contributed by atoms with Crippen LogP contribution in [0.2, 0.25) is 0 Å². The fourth-order valence-electron chi connectivity index (χ4n) is 2.69. The largest absolute Gasteiger partial charge is 0.389 e. The predicted octanol–water partition coefficient (Wildman–Crippen LogP) is 3.02. The lowest BCUT2D eigenvalue weighted by molar-refractivity contribution is 0.0440. The Bertz CT molecular complexity index is 476. The molecule has 1 unspecified atom stereocenters. The number of hydrogen-bond acceptors (Lipinski definition) is 3. The first-order valence-corrected chi connectivity index (χ1v) is 7.79. The lowest BCUT2D eigenvalue weighted by Gasteiger charge is -2.35. The molecule has 1 atom stereocenters. The molecule has 1 aromatic rings. The van der Waals surface area contributed by atoms with Crippen LogP contribution in [0.15, 0.2) is 18.2 Å². The van der Waals surface area contributed by atoms with Gasteiger partial charge in [0.25, 0.3) is 0 Å². The van der Waals surface area contributed by atoms with Crippen molar-refractivity contribution in [3.8, 4) is 0 Å². The van der Waals surface area contributed by atoms with E-state index in [-0.39, 0.29) is 0 Å². The zero-order valence-corrected chi connectivity index (χ0v) is 13.2. The van der Waals surface area contributed by atoms with Crippen LogP contribution in [0.1, 0.15) is 37.3 Å². The highest BCUT2D eigenvalue weighted by Gasteiger charge is 2.22. The van der Waals surface area contributed by atoms with Crippen molar-refractivity contribution in [1.29, 1.82) is 0 Å². The van der Waals surface area contributed by atoms with Crippen molar-refractivity contribution in [3.05, 3.63) is 29.3 Å².